The molecule has 4 heteroatoms. The fourth-order valence-corrected chi connectivity index (χ4v) is 5.91. The lowest BCUT2D eigenvalue weighted by molar-refractivity contribution is 0.202. The third kappa shape index (κ3) is 5.60. The molecule has 0 spiro atoms. The van der Waals surface area contributed by atoms with Gasteiger partial charge in [0.15, 0.2) is 0 Å². The lowest BCUT2D eigenvalue weighted by Crippen LogP contribution is -2.19. The van der Waals surface area contributed by atoms with Gasteiger partial charge in [-0.25, -0.2) is 0 Å². The fraction of sp³-hybridized carbons (Fsp3) is 0.179. The van der Waals surface area contributed by atoms with E-state index < -0.39 is 0 Å². The molecule has 2 N–H and O–H groups in total. The van der Waals surface area contributed by atoms with E-state index in [2.05, 4.69) is 123 Å². The van der Waals surface area contributed by atoms with Crippen LogP contribution in [0.1, 0.15) is 25.0 Å². The van der Waals surface area contributed by atoms with Crippen molar-refractivity contribution < 1.29 is 19.7 Å². The summed E-state index contributed by atoms with van der Waals surface area (Å²) in [7, 11) is 0. The molecule has 0 aromatic heterocycles. The molecule has 0 aliphatic heterocycles. The zero-order valence-corrected chi connectivity index (χ0v) is 24.6. The lowest BCUT2D eigenvalue weighted by Gasteiger charge is -2.29. The minimum absolute atomic E-state index is 0.0517. The van der Waals surface area contributed by atoms with Gasteiger partial charge < -0.3 is 19.7 Å². The standard InChI is InChI=1S/C39H36O4/c1-39(2,29-17-19-37(42-23-21-40)35(25-29)33-15-7-11-27-9-3-5-13-31(27)33)30-18-20-38(43-24-22-41)36(26-30)34-16-8-12-28-10-4-6-14-32(28)34/h3-20,25-26,40-41H,21-24H2,1-2H3. The highest BCUT2D eigenvalue weighted by atomic mass is 16.5. The summed E-state index contributed by atoms with van der Waals surface area (Å²) in [5.41, 5.74) is 6.07. The molecule has 6 rings (SSSR count). The van der Waals surface area contributed by atoms with Crippen LogP contribution in [0, 0.1) is 0 Å². The van der Waals surface area contributed by atoms with E-state index in [0.29, 0.717) is 0 Å². The first-order valence-electron chi connectivity index (χ1n) is 14.7. The predicted octanol–water partition coefficient (Wildman–Crippen LogP) is 8.40. The maximum atomic E-state index is 9.51. The number of ether oxygens (including phenoxy) is 2. The molecule has 0 saturated heterocycles. The summed E-state index contributed by atoms with van der Waals surface area (Å²) in [5, 5.41) is 23.6. The van der Waals surface area contributed by atoms with E-state index in [1.807, 2.05) is 12.1 Å². The molecule has 43 heavy (non-hydrogen) atoms. The SMILES string of the molecule is CC(C)(c1ccc(OCCO)c(-c2cccc3ccccc23)c1)c1ccc(OCCO)c(-c2cccc3ccccc23)c1. The van der Waals surface area contributed by atoms with E-state index in [1.165, 1.54) is 0 Å². The van der Waals surface area contributed by atoms with Crippen LogP contribution in [0.2, 0.25) is 0 Å². The number of aliphatic hydroxyl groups is 2. The van der Waals surface area contributed by atoms with Gasteiger partial charge in [-0.15, -0.1) is 0 Å². The van der Waals surface area contributed by atoms with Gasteiger partial charge in [0, 0.05) is 16.5 Å². The zero-order valence-electron chi connectivity index (χ0n) is 24.6. The monoisotopic (exact) mass is 568 g/mol. The third-order valence-corrected chi connectivity index (χ3v) is 8.26. The first-order chi connectivity index (χ1) is 21.0. The van der Waals surface area contributed by atoms with Gasteiger partial charge in [0.25, 0.3) is 0 Å². The molecule has 0 radical (unpaired) electrons. The smallest absolute Gasteiger partial charge is 0.127 e. The summed E-state index contributed by atoms with van der Waals surface area (Å²) >= 11 is 0. The second-order valence-electron chi connectivity index (χ2n) is 11.2. The van der Waals surface area contributed by atoms with Gasteiger partial charge in [-0.2, -0.15) is 0 Å². The van der Waals surface area contributed by atoms with Crippen molar-refractivity contribution in [2.75, 3.05) is 26.4 Å². The summed E-state index contributed by atoms with van der Waals surface area (Å²) in [6.07, 6.45) is 0. The van der Waals surface area contributed by atoms with Crippen molar-refractivity contribution in [3.05, 3.63) is 132 Å². The number of aliphatic hydroxyl groups excluding tert-OH is 2. The molecule has 0 atom stereocenters. The predicted molar refractivity (Wildman–Crippen MR) is 176 cm³/mol. The average molecular weight is 569 g/mol. The molecule has 0 saturated carbocycles. The average Bonchev–Trinajstić information content (AvgIpc) is 3.05. The second kappa shape index (κ2) is 12.3. The van der Waals surface area contributed by atoms with Crippen molar-refractivity contribution in [1.82, 2.24) is 0 Å². The molecule has 0 fully saturated rings. The first-order valence-corrected chi connectivity index (χ1v) is 14.7. The Morgan fingerprint density at radius 2 is 0.907 bits per heavy atom. The maximum absolute atomic E-state index is 9.51. The largest absolute Gasteiger partial charge is 0.491 e. The minimum atomic E-state index is -0.371. The number of hydrogen-bond acceptors (Lipinski definition) is 4. The van der Waals surface area contributed by atoms with Crippen molar-refractivity contribution in [1.29, 1.82) is 0 Å². The van der Waals surface area contributed by atoms with Crippen LogP contribution >= 0.6 is 0 Å². The van der Waals surface area contributed by atoms with Crippen molar-refractivity contribution in [2.45, 2.75) is 19.3 Å². The highest BCUT2D eigenvalue weighted by Gasteiger charge is 2.27. The molecule has 216 valence electrons. The Morgan fingerprint density at radius 3 is 1.35 bits per heavy atom. The van der Waals surface area contributed by atoms with Crippen LogP contribution in [0.15, 0.2) is 121 Å². The third-order valence-electron chi connectivity index (χ3n) is 8.26. The van der Waals surface area contributed by atoms with E-state index in [-0.39, 0.29) is 31.8 Å². The van der Waals surface area contributed by atoms with E-state index in [4.69, 9.17) is 9.47 Å². The van der Waals surface area contributed by atoms with Crippen LogP contribution in [0.4, 0.5) is 0 Å². The Kier molecular flexibility index (Phi) is 8.15. The van der Waals surface area contributed by atoms with Gasteiger partial charge in [-0.3, -0.25) is 0 Å². The Morgan fingerprint density at radius 1 is 0.488 bits per heavy atom. The molecule has 0 bridgehead atoms. The van der Waals surface area contributed by atoms with E-state index >= 15 is 0 Å². The first kappa shape index (κ1) is 28.5. The van der Waals surface area contributed by atoms with Crippen molar-refractivity contribution in [2.24, 2.45) is 0 Å². The number of rotatable bonds is 10. The molecule has 0 unspecified atom stereocenters. The Hall–Kier alpha value is -4.64. The van der Waals surface area contributed by atoms with Gasteiger partial charge in [0.2, 0.25) is 0 Å². The Bertz CT molecular complexity index is 1740. The zero-order chi connectivity index (χ0) is 29.8. The molecule has 0 heterocycles. The molecule has 6 aromatic rings. The summed E-state index contributed by atoms with van der Waals surface area (Å²) in [6.45, 7) is 4.82. The van der Waals surface area contributed by atoms with Crippen molar-refractivity contribution in [3.63, 3.8) is 0 Å². The Labute approximate surface area is 252 Å². The van der Waals surface area contributed by atoms with Crippen molar-refractivity contribution in [3.8, 4) is 33.8 Å². The highest BCUT2D eigenvalue weighted by molar-refractivity contribution is 5.99. The van der Waals surface area contributed by atoms with Gasteiger partial charge in [-0.1, -0.05) is 111 Å². The molecule has 6 aromatic carbocycles. The summed E-state index contributed by atoms with van der Waals surface area (Å²) in [6, 6.07) is 42.1. The molecule has 0 aliphatic carbocycles. The van der Waals surface area contributed by atoms with E-state index in [1.54, 1.807) is 0 Å². The molecule has 4 nitrogen and oxygen atoms in total. The van der Waals surface area contributed by atoms with Gasteiger partial charge in [0.05, 0.1) is 13.2 Å². The van der Waals surface area contributed by atoms with Crippen LogP contribution in [0.5, 0.6) is 11.5 Å². The van der Waals surface area contributed by atoms with Gasteiger partial charge >= 0.3 is 0 Å². The molecular formula is C39H36O4. The normalized spacial score (nSPS) is 11.6. The number of fused-ring (bicyclic) bond motifs is 2. The van der Waals surface area contributed by atoms with E-state index in [0.717, 1.165) is 66.4 Å². The number of hydrogen-bond donors (Lipinski definition) is 2. The maximum Gasteiger partial charge on any atom is 0.127 e. The molecule has 0 aliphatic rings. The van der Waals surface area contributed by atoms with Crippen LogP contribution in [-0.2, 0) is 5.41 Å². The summed E-state index contributed by atoms with van der Waals surface area (Å²) < 4.78 is 12.1. The van der Waals surface area contributed by atoms with Crippen molar-refractivity contribution >= 4 is 21.5 Å². The molecular weight excluding hydrogens is 532 g/mol. The second-order valence-corrected chi connectivity index (χ2v) is 11.2. The van der Waals surface area contributed by atoms with Gasteiger partial charge in [0.1, 0.15) is 24.7 Å². The lowest BCUT2D eigenvalue weighted by atomic mass is 9.76. The Balaban J connectivity index is 1.50. The molecule has 0 amide bonds. The van der Waals surface area contributed by atoms with E-state index in [9.17, 15) is 10.2 Å². The highest BCUT2D eigenvalue weighted by Crippen LogP contribution is 2.43. The summed E-state index contributed by atoms with van der Waals surface area (Å²) in [4.78, 5) is 0. The van der Waals surface area contributed by atoms with Crippen LogP contribution in [0.3, 0.4) is 0 Å². The quantitative estimate of drug-likeness (QED) is 0.174. The minimum Gasteiger partial charge on any atom is -0.491 e. The van der Waals surface area contributed by atoms with Gasteiger partial charge in [-0.05, 0) is 68.1 Å². The fourth-order valence-electron chi connectivity index (χ4n) is 5.91. The van der Waals surface area contributed by atoms with Crippen LogP contribution < -0.4 is 9.47 Å². The summed E-state index contributed by atoms with van der Waals surface area (Å²) in [5.74, 6) is 1.49. The van der Waals surface area contributed by atoms with Crippen LogP contribution in [0.25, 0.3) is 43.8 Å². The van der Waals surface area contributed by atoms with Crippen LogP contribution in [-0.4, -0.2) is 36.6 Å². The topological polar surface area (TPSA) is 58.9 Å². The number of benzene rings is 6.